The molecule has 0 atom stereocenters. The minimum absolute atomic E-state index is 0.0598. The minimum atomic E-state index is -0.354. The van der Waals surface area contributed by atoms with E-state index in [0.29, 0.717) is 5.02 Å². The first-order chi connectivity index (χ1) is 9.47. The van der Waals surface area contributed by atoms with E-state index in [1.54, 1.807) is 6.08 Å². The molecule has 0 aliphatic carbocycles. The Labute approximate surface area is 127 Å². The molecular weight excluding hydrogens is 295 g/mol. The van der Waals surface area contributed by atoms with Gasteiger partial charge in [-0.25, -0.2) is 0 Å². The Kier molecular flexibility index (Phi) is 4.48. The van der Waals surface area contributed by atoms with Gasteiger partial charge in [0.1, 0.15) is 5.75 Å². The lowest BCUT2D eigenvalue weighted by molar-refractivity contribution is 0.104. The molecule has 0 radical (unpaired) electrons. The molecule has 0 saturated carbocycles. The predicted octanol–water partition coefficient (Wildman–Crippen LogP) is 4.90. The molecule has 0 fully saturated rings. The van der Waals surface area contributed by atoms with E-state index in [0.717, 1.165) is 11.1 Å². The van der Waals surface area contributed by atoms with E-state index >= 15 is 0 Å². The number of rotatable bonds is 3. The molecular formula is C16H12Cl2O2. The van der Waals surface area contributed by atoms with Crippen LogP contribution in [-0.2, 0) is 0 Å². The van der Waals surface area contributed by atoms with Gasteiger partial charge in [0.05, 0.1) is 10.6 Å². The third kappa shape index (κ3) is 3.41. The van der Waals surface area contributed by atoms with Crippen LogP contribution in [0.5, 0.6) is 5.75 Å². The first-order valence-corrected chi connectivity index (χ1v) is 6.70. The maximum absolute atomic E-state index is 12.0. The molecule has 0 saturated heterocycles. The second kappa shape index (κ2) is 6.12. The van der Waals surface area contributed by atoms with E-state index in [1.807, 2.05) is 31.2 Å². The smallest absolute Gasteiger partial charge is 0.189 e. The third-order valence-corrected chi connectivity index (χ3v) is 3.30. The molecule has 0 heterocycles. The van der Waals surface area contributed by atoms with Crippen molar-refractivity contribution >= 4 is 35.1 Å². The first-order valence-electron chi connectivity index (χ1n) is 5.94. The van der Waals surface area contributed by atoms with Crippen LogP contribution in [0, 0.1) is 6.92 Å². The fraction of sp³-hybridized carbons (Fsp3) is 0.0625. The quantitative estimate of drug-likeness (QED) is 0.646. The number of allylic oxidation sites excluding steroid dienone is 1. The second-order valence-corrected chi connectivity index (χ2v) is 5.24. The van der Waals surface area contributed by atoms with E-state index in [9.17, 15) is 9.90 Å². The molecule has 0 aliphatic rings. The topological polar surface area (TPSA) is 37.3 Å². The fourth-order valence-electron chi connectivity index (χ4n) is 1.69. The summed E-state index contributed by atoms with van der Waals surface area (Å²) >= 11 is 11.6. The highest BCUT2D eigenvalue weighted by Gasteiger charge is 2.13. The van der Waals surface area contributed by atoms with Crippen molar-refractivity contribution in [3.63, 3.8) is 0 Å². The van der Waals surface area contributed by atoms with Gasteiger partial charge in [-0.1, -0.05) is 59.1 Å². The van der Waals surface area contributed by atoms with Crippen molar-refractivity contribution < 1.29 is 9.90 Å². The Balaban J connectivity index is 2.26. The molecule has 0 aliphatic heterocycles. The van der Waals surface area contributed by atoms with Crippen molar-refractivity contribution in [1.29, 1.82) is 0 Å². The van der Waals surface area contributed by atoms with Crippen molar-refractivity contribution in [2.45, 2.75) is 6.92 Å². The Morgan fingerprint density at radius 3 is 2.45 bits per heavy atom. The van der Waals surface area contributed by atoms with E-state index in [1.165, 1.54) is 18.2 Å². The van der Waals surface area contributed by atoms with Gasteiger partial charge in [0, 0.05) is 5.02 Å². The van der Waals surface area contributed by atoms with Gasteiger partial charge >= 0.3 is 0 Å². The van der Waals surface area contributed by atoms with Gasteiger partial charge in [-0.05, 0) is 30.7 Å². The van der Waals surface area contributed by atoms with Crippen molar-refractivity contribution in [3.05, 3.63) is 69.2 Å². The van der Waals surface area contributed by atoms with Crippen LogP contribution in [0.3, 0.4) is 0 Å². The van der Waals surface area contributed by atoms with Gasteiger partial charge in [0.25, 0.3) is 0 Å². The highest BCUT2D eigenvalue weighted by Crippen LogP contribution is 2.31. The molecule has 2 aromatic rings. The Morgan fingerprint density at radius 2 is 1.80 bits per heavy atom. The largest absolute Gasteiger partial charge is 0.506 e. The Morgan fingerprint density at radius 1 is 1.15 bits per heavy atom. The van der Waals surface area contributed by atoms with Crippen molar-refractivity contribution in [2.75, 3.05) is 0 Å². The van der Waals surface area contributed by atoms with Crippen LogP contribution in [-0.4, -0.2) is 10.9 Å². The van der Waals surface area contributed by atoms with Crippen LogP contribution in [0.1, 0.15) is 21.5 Å². The van der Waals surface area contributed by atoms with E-state index in [4.69, 9.17) is 23.2 Å². The summed E-state index contributed by atoms with van der Waals surface area (Å²) in [5.41, 5.74) is 2.13. The van der Waals surface area contributed by atoms with Crippen LogP contribution < -0.4 is 0 Å². The number of carbonyl (C=O) groups excluding carboxylic acids is 1. The molecule has 20 heavy (non-hydrogen) atoms. The number of hydrogen-bond acceptors (Lipinski definition) is 2. The SMILES string of the molecule is Cc1ccc(C=CC(=O)c2cc(Cl)cc(Cl)c2O)cc1. The molecule has 0 amide bonds. The normalized spacial score (nSPS) is 10.9. The number of aromatic hydroxyl groups is 1. The number of halogens is 2. The molecule has 102 valence electrons. The van der Waals surface area contributed by atoms with E-state index < -0.39 is 0 Å². The van der Waals surface area contributed by atoms with Gasteiger partial charge in [-0.15, -0.1) is 0 Å². The summed E-state index contributed by atoms with van der Waals surface area (Å²) in [4.78, 5) is 12.0. The van der Waals surface area contributed by atoms with Gasteiger partial charge in [0.15, 0.2) is 5.78 Å². The molecule has 4 heteroatoms. The molecule has 0 unspecified atom stereocenters. The summed E-state index contributed by atoms with van der Waals surface area (Å²) in [6, 6.07) is 10.5. The van der Waals surface area contributed by atoms with Gasteiger partial charge in [0.2, 0.25) is 0 Å². The fourth-order valence-corrected chi connectivity index (χ4v) is 2.19. The molecule has 0 spiro atoms. The number of ketones is 1. The molecule has 0 bridgehead atoms. The van der Waals surface area contributed by atoms with Crippen LogP contribution in [0.2, 0.25) is 10.0 Å². The summed E-state index contributed by atoms with van der Waals surface area (Å²) in [6.45, 7) is 1.99. The zero-order chi connectivity index (χ0) is 14.7. The van der Waals surface area contributed by atoms with Gasteiger partial charge in [-0.2, -0.15) is 0 Å². The number of carbonyl (C=O) groups is 1. The van der Waals surface area contributed by atoms with E-state index in [-0.39, 0.29) is 22.1 Å². The number of benzene rings is 2. The zero-order valence-electron chi connectivity index (χ0n) is 10.7. The average molecular weight is 307 g/mol. The maximum atomic E-state index is 12.0. The number of hydrogen-bond donors (Lipinski definition) is 1. The first kappa shape index (κ1) is 14.6. The lowest BCUT2D eigenvalue weighted by Crippen LogP contribution is -1.95. The minimum Gasteiger partial charge on any atom is -0.506 e. The molecule has 2 aromatic carbocycles. The summed E-state index contributed by atoms with van der Waals surface area (Å²) in [6.07, 6.45) is 3.06. The van der Waals surface area contributed by atoms with Crippen LogP contribution in [0.4, 0.5) is 0 Å². The summed E-state index contributed by atoms with van der Waals surface area (Å²) < 4.78 is 0. The standard InChI is InChI=1S/C16H12Cl2O2/c1-10-2-4-11(5-3-10)6-7-15(19)13-8-12(17)9-14(18)16(13)20/h2-9,20H,1H3. The highest BCUT2D eigenvalue weighted by atomic mass is 35.5. The predicted molar refractivity (Wildman–Crippen MR) is 82.7 cm³/mol. The zero-order valence-corrected chi connectivity index (χ0v) is 12.2. The number of phenols is 1. The van der Waals surface area contributed by atoms with E-state index in [2.05, 4.69) is 0 Å². The van der Waals surface area contributed by atoms with Crippen LogP contribution >= 0.6 is 23.2 Å². The van der Waals surface area contributed by atoms with Crippen LogP contribution in [0.15, 0.2) is 42.5 Å². The Bertz CT molecular complexity index is 674. The molecule has 0 aromatic heterocycles. The monoisotopic (exact) mass is 306 g/mol. The number of phenolic OH excluding ortho intramolecular Hbond substituents is 1. The lowest BCUT2D eigenvalue weighted by Gasteiger charge is -2.03. The van der Waals surface area contributed by atoms with Crippen molar-refractivity contribution in [2.24, 2.45) is 0 Å². The third-order valence-electron chi connectivity index (χ3n) is 2.80. The summed E-state index contributed by atoms with van der Waals surface area (Å²) in [7, 11) is 0. The lowest BCUT2D eigenvalue weighted by atomic mass is 10.1. The van der Waals surface area contributed by atoms with Crippen molar-refractivity contribution in [3.8, 4) is 5.75 Å². The maximum Gasteiger partial charge on any atom is 0.189 e. The van der Waals surface area contributed by atoms with Crippen molar-refractivity contribution in [1.82, 2.24) is 0 Å². The average Bonchev–Trinajstić information content (AvgIpc) is 2.42. The number of aryl methyl sites for hydroxylation is 1. The highest BCUT2D eigenvalue weighted by molar-refractivity contribution is 6.36. The molecule has 1 N–H and O–H groups in total. The summed E-state index contributed by atoms with van der Waals surface area (Å²) in [5, 5.41) is 10.1. The molecule has 2 rings (SSSR count). The molecule has 2 nitrogen and oxygen atoms in total. The van der Waals surface area contributed by atoms with Gasteiger partial charge in [-0.3, -0.25) is 4.79 Å². The Hall–Kier alpha value is -1.77. The van der Waals surface area contributed by atoms with Gasteiger partial charge < -0.3 is 5.11 Å². The van der Waals surface area contributed by atoms with Crippen LogP contribution in [0.25, 0.3) is 6.08 Å². The second-order valence-electron chi connectivity index (χ2n) is 4.39. The summed E-state index contributed by atoms with van der Waals surface area (Å²) in [5.74, 6) is -0.609.